The Morgan fingerprint density at radius 1 is 1.35 bits per heavy atom. The van der Waals surface area contributed by atoms with Crippen LogP contribution in [0.4, 0.5) is 0 Å². The number of aliphatic hydroxyl groups excluding tert-OH is 3. The summed E-state index contributed by atoms with van der Waals surface area (Å²) in [6, 6.07) is 0. The lowest BCUT2D eigenvalue weighted by Crippen LogP contribution is -2.46. The lowest BCUT2D eigenvalue weighted by molar-refractivity contribution is -0.148. The van der Waals surface area contributed by atoms with Gasteiger partial charge < -0.3 is 20.1 Å². The predicted molar refractivity (Wildman–Crippen MR) is 53.4 cm³/mol. The van der Waals surface area contributed by atoms with Gasteiger partial charge in [0.1, 0.15) is 18.3 Å². The Hall–Kier alpha value is -1.28. The van der Waals surface area contributed by atoms with Crippen LogP contribution < -0.4 is 0 Å². The van der Waals surface area contributed by atoms with Gasteiger partial charge in [-0.2, -0.15) is 0 Å². The summed E-state index contributed by atoms with van der Waals surface area (Å²) in [5.74, 6) is -0.828. The third-order valence-electron chi connectivity index (χ3n) is 2.83. The molecule has 0 aromatic carbocycles. The van der Waals surface area contributed by atoms with Crippen molar-refractivity contribution in [2.45, 2.75) is 31.0 Å². The molecule has 1 fully saturated rings. The van der Waals surface area contributed by atoms with Gasteiger partial charge in [-0.1, -0.05) is 0 Å². The molecule has 0 aliphatic carbocycles. The largest absolute Gasteiger partial charge is 0.394 e. The fourth-order valence-electron chi connectivity index (χ4n) is 1.88. The molecule has 0 spiro atoms. The van der Waals surface area contributed by atoms with E-state index in [1.807, 2.05) is 0 Å². The zero-order chi connectivity index (χ0) is 12.6. The lowest BCUT2D eigenvalue weighted by atomic mass is 10.1. The number of carbonyl (C=O) groups excluding carboxylic acids is 2. The number of amides is 1. The van der Waals surface area contributed by atoms with Gasteiger partial charge in [-0.15, -0.1) is 0 Å². The molecule has 0 aromatic heterocycles. The standard InChI is InChI=1S/C10H13NO6/c12-4-6-8(15)9(16)10(17-6)11-2-1-5(13)3-7(11)14/h1-2,6,8-10,12,15-16H,3-4H2/t6-,8-,9-,10-/m1/s1. The molecule has 17 heavy (non-hydrogen) atoms. The summed E-state index contributed by atoms with van der Waals surface area (Å²) >= 11 is 0. The predicted octanol–water partition coefficient (Wildman–Crippen LogP) is -2.26. The van der Waals surface area contributed by atoms with Crippen molar-refractivity contribution < 1.29 is 29.6 Å². The summed E-state index contributed by atoms with van der Waals surface area (Å²) in [6.07, 6.45) is -2.45. The first-order valence-electron chi connectivity index (χ1n) is 5.19. The maximum absolute atomic E-state index is 11.6. The number of hydrogen-bond acceptors (Lipinski definition) is 6. The molecule has 0 unspecified atom stereocenters. The average Bonchev–Trinajstić information content (AvgIpc) is 2.57. The smallest absolute Gasteiger partial charge is 0.236 e. The monoisotopic (exact) mass is 243 g/mol. The van der Waals surface area contributed by atoms with E-state index in [4.69, 9.17) is 9.84 Å². The van der Waals surface area contributed by atoms with Crippen LogP contribution in [0.5, 0.6) is 0 Å². The first kappa shape index (κ1) is 12.2. The first-order chi connectivity index (χ1) is 8.04. The Morgan fingerprint density at radius 2 is 2.06 bits per heavy atom. The van der Waals surface area contributed by atoms with E-state index in [0.29, 0.717) is 0 Å². The van der Waals surface area contributed by atoms with Crippen molar-refractivity contribution in [3.63, 3.8) is 0 Å². The van der Waals surface area contributed by atoms with Crippen LogP contribution in [0, 0.1) is 0 Å². The van der Waals surface area contributed by atoms with E-state index in [1.165, 1.54) is 12.3 Å². The molecule has 2 heterocycles. The van der Waals surface area contributed by atoms with Crippen LogP contribution in [-0.4, -0.2) is 63.1 Å². The zero-order valence-electron chi connectivity index (χ0n) is 8.89. The van der Waals surface area contributed by atoms with Gasteiger partial charge in [0.25, 0.3) is 0 Å². The average molecular weight is 243 g/mol. The van der Waals surface area contributed by atoms with Crippen LogP contribution in [0.25, 0.3) is 0 Å². The fraction of sp³-hybridized carbons (Fsp3) is 0.600. The third kappa shape index (κ3) is 2.09. The van der Waals surface area contributed by atoms with E-state index in [0.717, 1.165) is 4.90 Å². The molecule has 0 saturated carbocycles. The number of nitrogens with zero attached hydrogens (tertiary/aromatic N) is 1. The Balaban J connectivity index is 2.16. The quantitative estimate of drug-likeness (QED) is 0.472. The van der Waals surface area contributed by atoms with Gasteiger partial charge in [0, 0.05) is 6.20 Å². The van der Waals surface area contributed by atoms with E-state index < -0.39 is 37.1 Å². The van der Waals surface area contributed by atoms with E-state index in [2.05, 4.69) is 0 Å². The summed E-state index contributed by atoms with van der Waals surface area (Å²) in [6.45, 7) is -0.459. The molecule has 0 aromatic rings. The van der Waals surface area contributed by atoms with E-state index in [9.17, 15) is 19.8 Å². The Bertz CT molecular complexity index is 368. The van der Waals surface area contributed by atoms with Crippen LogP contribution in [0.1, 0.15) is 6.42 Å². The molecule has 1 amide bonds. The Kier molecular flexibility index (Phi) is 3.25. The molecule has 7 heteroatoms. The number of ether oxygens (including phenoxy) is 1. The van der Waals surface area contributed by atoms with Crippen LogP contribution in [-0.2, 0) is 14.3 Å². The minimum atomic E-state index is -1.31. The van der Waals surface area contributed by atoms with Gasteiger partial charge in [-0.25, -0.2) is 0 Å². The van der Waals surface area contributed by atoms with Crippen molar-refractivity contribution in [1.29, 1.82) is 0 Å². The fourth-order valence-corrected chi connectivity index (χ4v) is 1.88. The van der Waals surface area contributed by atoms with Crippen molar-refractivity contribution in [3.8, 4) is 0 Å². The molecule has 2 aliphatic rings. The zero-order valence-corrected chi connectivity index (χ0v) is 8.89. The van der Waals surface area contributed by atoms with E-state index >= 15 is 0 Å². The molecule has 2 aliphatic heterocycles. The maximum Gasteiger partial charge on any atom is 0.236 e. The molecule has 2 rings (SSSR count). The maximum atomic E-state index is 11.6. The number of aliphatic hydroxyl groups is 3. The number of hydrogen-bond donors (Lipinski definition) is 3. The lowest BCUT2D eigenvalue weighted by Gasteiger charge is -2.28. The minimum Gasteiger partial charge on any atom is -0.394 e. The van der Waals surface area contributed by atoms with Crippen LogP contribution >= 0.6 is 0 Å². The number of ketones is 1. The highest BCUT2D eigenvalue weighted by Gasteiger charge is 2.46. The molecular weight excluding hydrogens is 230 g/mol. The molecule has 1 saturated heterocycles. The second-order valence-electron chi connectivity index (χ2n) is 3.99. The third-order valence-corrected chi connectivity index (χ3v) is 2.83. The van der Waals surface area contributed by atoms with Gasteiger partial charge in [-0.05, 0) is 6.08 Å². The highest BCUT2D eigenvalue weighted by molar-refractivity contribution is 6.06. The summed E-state index contributed by atoms with van der Waals surface area (Å²) in [4.78, 5) is 23.6. The molecule has 0 radical (unpaired) electrons. The highest BCUT2D eigenvalue weighted by Crippen LogP contribution is 2.25. The molecule has 0 bridgehead atoms. The summed E-state index contributed by atoms with van der Waals surface area (Å²) < 4.78 is 5.17. The van der Waals surface area contributed by atoms with Gasteiger partial charge >= 0.3 is 0 Å². The Labute approximate surface area is 96.9 Å². The highest BCUT2D eigenvalue weighted by atomic mass is 16.6. The SMILES string of the molecule is O=C1C=CN([C@@H]2O[C@H](CO)[C@@H](O)[C@H]2O)C(=O)C1. The number of rotatable bonds is 2. The first-order valence-corrected chi connectivity index (χ1v) is 5.19. The van der Waals surface area contributed by atoms with Gasteiger partial charge in [0.15, 0.2) is 12.0 Å². The van der Waals surface area contributed by atoms with Gasteiger partial charge in [-0.3, -0.25) is 14.5 Å². The van der Waals surface area contributed by atoms with Crippen molar-refractivity contribution in [3.05, 3.63) is 12.3 Å². The summed E-state index contributed by atoms with van der Waals surface area (Å²) in [5, 5.41) is 28.1. The molecule has 7 nitrogen and oxygen atoms in total. The molecule has 4 atom stereocenters. The van der Waals surface area contributed by atoms with Crippen molar-refractivity contribution in [2.75, 3.05) is 6.61 Å². The molecular formula is C10H13NO6. The second kappa shape index (κ2) is 4.53. The van der Waals surface area contributed by atoms with Crippen LogP contribution in [0.15, 0.2) is 12.3 Å². The molecule has 94 valence electrons. The van der Waals surface area contributed by atoms with Crippen molar-refractivity contribution >= 4 is 11.7 Å². The summed E-state index contributed by atoms with van der Waals surface area (Å²) in [7, 11) is 0. The van der Waals surface area contributed by atoms with Gasteiger partial charge in [0.05, 0.1) is 13.0 Å². The van der Waals surface area contributed by atoms with Crippen molar-refractivity contribution in [2.24, 2.45) is 0 Å². The number of allylic oxidation sites excluding steroid dienone is 1. The number of carbonyl (C=O) groups is 2. The van der Waals surface area contributed by atoms with Crippen LogP contribution in [0.3, 0.4) is 0 Å². The Morgan fingerprint density at radius 3 is 2.59 bits per heavy atom. The summed E-state index contributed by atoms with van der Waals surface area (Å²) in [5.41, 5.74) is 0. The normalized spacial score (nSPS) is 37.9. The second-order valence-corrected chi connectivity index (χ2v) is 3.99. The van der Waals surface area contributed by atoms with E-state index in [-0.39, 0.29) is 12.2 Å². The van der Waals surface area contributed by atoms with Crippen molar-refractivity contribution in [1.82, 2.24) is 4.90 Å². The molecule has 3 N–H and O–H groups in total. The van der Waals surface area contributed by atoms with Crippen LogP contribution in [0.2, 0.25) is 0 Å². The minimum absolute atomic E-state index is 0.289. The van der Waals surface area contributed by atoms with Gasteiger partial charge in [0.2, 0.25) is 5.91 Å². The topological polar surface area (TPSA) is 107 Å². The van der Waals surface area contributed by atoms with E-state index in [1.54, 1.807) is 0 Å².